The molecule has 0 atom stereocenters. The fourth-order valence-electron chi connectivity index (χ4n) is 1.58. The highest BCUT2D eigenvalue weighted by molar-refractivity contribution is 6.16. The summed E-state index contributed by atoms with van der Waals surface area (Å²) in [5.74, 6) is 1.86. The molecule has 1 aromatic heterocycles. The first-order chi connectivity index (χ1) is 7.69. The first-order valence-corrected chi connectivity index (χ1v) is 5.74. The van der Waals surface area contributed by atoms with Crippen molar-refractivity contribution in [2.75, 3.05) is 0 Å². The SMILES string of the molecule is Cc1ccc(Cc2nc(CCl)n[nH]2)cc1C. The van der Waals surface area contributed by atoms with Gasteiger partial charge < -0.3 is 0 Å². The minimum absolute atomic E-state index is 0.351. The molecule has 1 aromatic carbocycles. The number of rotatable bonds is 3. The van der Waals surface area contributed by atoms with Crippen LogP contribution in [-0.4, -0.2) is 15.2 Å². The Bertz CT molecular complexity index is 491. The Morgan fingerprint density at radius 1 is 1.25 bits per heavy atom. The van der Waals surface area contributed by atoms with Gasteiger partial charge in [-0.15, -0.1) is 11.6 Å². The minimum Gasteiger partial charge on any atom is -0.263 e. The lowest BCUT2D eigenvalue weighted by Gasteiger charge is -2.03. The zero-order valence-electron chi connectivity index (χ0n) is 9.42. The third-order valence-corrected chi connectivity index (χ3v) is 2.88. The molecule has 0 unspecified atom stereocenters. The summed E-state index contributed by atoms with van der Waals surface area (Å²) in [5, 5.41) is 6.90. The average molecular weight is 236 g/mol. The monoisotopic (exact) mass is 235 g/mol. The predicted octanol–water partition coefficient (Wildman–Crippen LogP) is 2.75. The maximum absolute atomic E-state index is 5.64. The number of H-pyrrole nitrogens is 1. The highest BCUT2D eigenvalue weighted by Gasteiger charge is 2.03. The van der Waals surface area contributed by atoms with E-state index in [4.69, 9.17) is 11.6 Å². The third kappa shape index (κ3) is 2.42. The van der Waals surface area contributed by atoms with Gasteiger partial charge in [-0.25, -0.2) is 4.98 Å². The molecule has 2 aromatic rings. The summed E-state index contributed by atoms with van der Waals surface area (Å²) in [6.45, 7) is 4.22. The maximum atomic E-state index is 5.64. The molecule has 1 N–H and O–H groups in total. The first-order valence-electron chi connectivity index (χ1n) is 5.21. The van der Waals surface area contributed by atoms with E-state index in [1.54, 1.807) is 0 Å². The summed E-state index contributed by atoms with van der Waals surface area (Å²) >= 11 is 5.64. The van der Waals surface area contributed by atoms with E-state index >= 15 is 0 Å². The summed E-state index contributed by atoms with van der Waals surface area (Å²) in [6.07, 6.45) is 0.769. The van der Waals surface area contributed by atoms with Crippen LogP contribution in [0.15, 0.2) is 18.2 Å². The molecule has 0 amide bonds. The van der Waals surface area contributed by atoms with E-state index in [-0.39, 0.29) is 0 Å². The number of nitrogens with one attached hydrogen (secondary N) is 1. The molecule has 4 heteroatoms. The molecule has 1 heterocycles. The van der Waals surface area contributed by atoms with Crippen LogP contribution in [0.25, 0.3) is 0 Å². The van der Waals surface area contributed by atoms with Gasteiger partial charge >= 0.3 is 0 Å². The quantitative estimate of drug-likeness (QED) is 0.832. The van der Waals surface area contributed by atoms with E-state index in [1.807, 2.05) is 0 Å². The van der Waals surface area contributed by atoms with Crippen molar-refractivity contribution in [3.63, 3.8) is 0 Å². The van der Waals surface area contributed by atoms with Gasteiger partial charge in [-0.05, 0) is 30.5 Å². The summed E-state index contributed by atoms with van der Waals surface area (Å²) in [7, 11) is 0. The Balaban J connectivity index is 2.17. The lowest BCUT2D eigenvalue weighted by molar-refractivity contribution is 0.966. The van der Waals surface area contributed by atoms with Crippen LogP contribution in [0.5, 0.6) is 0 Å². The van der Waals surface area contributed by atoms with Crippen LogP contribution in [-0.2, 0) is 12.3 Å². The van der Waals surface area contributed by atoms with Gasteiger partial charge in [0, 0.05) is 6.42 Å². The maximum Gasteiger partial charge on any atom is 0.165 e. The normalized spacial score (nSPS) is 10.7. The average Bonchev–Trinajstić information content (AvgIpc) is 2.71. The number of benzene rings is 1. The van der Waals surface area contributed by atoms with Gasteiger partial charge in [0.25, 0.3) is 0 Å². The van der Waals surface area contributed by atoms with E-state index in [2.05, 4.69) is 47.2 Å². The zero-order chi connectivity index (χ0) is 11.5. The Hall–Kier alpha value is -1.35. The van der Waals surface area contributed by atoms with Crippen LogP contribution in [0.3, 0.4) is 0 Å². The van der Waals surface area contributed by atoms with Gasteiger partial charge in [0.2, 0.25) is 0 Å². The van der Waals surface area contributed by atoms with Gasteiger partial charge in [-0.3, -0.25) is 5.10 Å². The highest BCUT2D eigenvalue weighted by Crippen LogP contribution is 2.12. The van der Waals surface area contributed by atoms with Gasteiger partial charge in [-0.2, -0.15) is 5.10 Å². The summed E-state index contributed by atoms with van der Waals surface area (Å²) in [6, 6.07) is 6.42. The number of alkyl halides is 1. The van der Waals surface area contributed by atoms with E-state index in [9.17, 15) is 0 Å². The number of halogens is 1. The Kier molecular flexibility index (Phi) is 3.25. The van der Waals surface area contributed by atoms with E-state index in [1.165, 1.54) is 16.7 Å². The molecular weight excluding hydrogens is 222 g/mol. The lowest BCUT2D eigenvalue weighted by atomic mass is 10.0. The number of aromatic nitrogens is 3. The molecule has 0 spiro atoms. The van der Waals surface area contributed by atoms with Gasteiger partial charge in [0.05, 0.1) is 5.88 Å². The number of nitrogens with zero attached hydrogens (tertiary/aromatic N) is 2. The second kappa shape index (κ2) is 4.66. The first kappa shape index (κ1) is 11.1. The largest absolute Gasteiger partial charge is 0.263 e. The fourth-order valence-corrected chi connectivity index (χ4v) is 1.70. The standard InChI is InChI=1S/C12H14ClN3/c1-8-3-4-10(5-9(8)2)6-11-14-12(7-13)16-15-11/h3-5H,6-7H2,1-2H3,(H,14,15,16). The molecule has 2 rings (SSSR count). The molecule has 0 fully saturated rings. The van der Waals surface area contributed by atoms with E-state index < -0.39 is 0 Å². The number of hydrogen-bond donors (Lipinski definition) is 1. The van der Waals surface area contributed by atoms with Gasteiger partial charge in [-0.1, -0.05) is 18.2 Å². The van der Waals surface area contributed by atoms with Crippen molar-refractivity contribution in [3.8, 4) is 0 Å². The topological polar surface area (TPSA) is 41.6 Å². The van der Waals surface area contributed by atoms with Crippen molar-refractivity contribution in [2.45, 2.75) is 26.1 Å². The molecule has 3 nitrogen and oxygen atoms in total. The number of aromatic amines is 1. The van der Waals surface area contributed by atoms with Crippen molar-refractivity contribution in [3.05, 3.63) is 46.5 Å². The molecule has 0 aliphatic carbocycles. The van der Waals surface area contributed by atoms with Crippen LogP contribution in [0, 0.1) is 13.8 Å². The van der Waals surface area contributed by atoms with Gasteiger partial charge in [0.1, 0.15) is 5.82 Å². The number of hydrogen-bond acceptors (Lipinski definition) is 2. The molecule has 0 bridgehead atoms. The van der Waals surface area contributed by atoms with Crippen molar-refractivity contribution >= 4 is 11.6 Å². The summed E-state index contributed by atoms with van der Waals surface area (Å²) < 4.78 is 0. The zero-order valence-corrected chi connectivity index (χ0v) is 10.2. The fraction of sp³-hybridized carbons (Fsp3) is 0.333. The molecular formula is C12H14ClN3. The van der Waals surface area contributed by atoms with Crippen LogP contribution < -0.4 is 0 Å². The Morgan fingerprint density at radius 3 is 2.69 bits per heavy atom. The van der Waals surface area contributed by atoms with Crippen LogP contribution in [0.4, 0.5) is 0 Å². The third-order valence-electron chi connectivity index (χ3n) is 2.64. The molecule has 84 valence electrons. The second-order valence-corrected chi connectivity index (χ2v) is 4.19. The predicted molar refractivity (Wildman–Crippen MR) is 64.7 cm³/mol. The summed E-state index contributed by atoms with van der Waals surface area (Å²) in [4.78, 5) is 4.28. The second-order valence-electron chi connectivity index (χ2n) is 3.93. The summed E-state index contributed by atoms with van der Waals surface area (Å²) in [5.41, 5.74) is 3.85. The molecule has 0 saturated carbocycles. The lowest BCUT2D eigenvalue weighted by Crippen LogP contribution is -1.93. The van der Waals surface area contributed by atoms with Crippen molar-refractivity contribution in [2.24, 2.45) is 0 Å². The molecule has 0 aliphatic rings. The Morgan fingerprint density at radius 2 is 2.06 bits per heavy atom. The van der Waals surface area contributed by atoms with Crippen LogP contribution in [0.1, 0.15) is 28.3 Å². The number of aryl methyl sites for hydroxylation is 2. The molecule has 0 saturated heterocycles. The molecule has 0 radical (unpaired) electrons. The van der Waals surface area contributed by atoms with E-state index in [0.717, 1.165) is 12.2 Å². The molecule has 16 heavy (non-hydrogen) atoms. The minimum atomic E-state index is 0.351. The van der Waals surface area contributed by atoms with Crippen LogP contribution in [0.2, 0.25) is 0 Å². The Labute approximate surface area is 99.9 Å². The smallest absolute Gasteiger partial charge is 0.165 e. The highest BCUT2D eigenvalue weighted by atomic mass is 35.5. The van der Waals surface area contributed by atoms with Crippen molar-refractivity contribution < 1.29 is 0 Å². The van der Waals surface area contributed by atoms with Gasteiger partial charge in [0.15, 0.2) is 5.82 Å². The van der Waals surface area contributed by atoms with Crippen molar-refractivity contribution in [1.82, 2.24) is 15.2 Å². The van der Waals surface area contributed by atoms with Crippen molar-refractivity contribution in [1.29, 1.82) is 0 Å². The van der Waals surface area contributed by atoms with E-state index in [0.29, 0.717) is 11.7 Å². The molecule has 0 aliphatic heterocycles. The van der Waals surface area contributed by atoms with Crippen LogP contribution >= 0.6 is 11.6 Å².